The zero-order valence-electron chi connectivity index (χ0n) is 12.3. The number of hydrogen-bond acceptors (Lipinski definition) is 3. The molecular formula is C17H23N3O. The largest absolute Gasteiger partial charge is 0.390 e. The molecule has 2 heterocycles. The number of rotatable bonds is 6. The van der Waals surface area contributed by atoms with Crippen molar-refractivity contribution in [3.8, 4) is 0 Å². The van der Waals surface area contributed by atoms with E-state index in [0.717, 1.165) is 19.5 Å². The SMILES string of the molecule is O[C@@H](CN1CCC[C@@H]1Cc1ccccc1)Cn1cccn1. The molecule has 2 aromatic rings. The van der Waals surface area contributed by atoms with E-state index >= 15 is 0 Å². The number of aliphatic hydroxyl groups is 1. The summed E-state index contributed by atoms with van der Waals surface area (Å²) in [6.07, 6.45) is 6.82. The van der Waals surface area contributed by atoms with Gasteiger partial charge in [0.25, 0.3) is 0 Å². The van der Waals surface area contributed by atoms with Crippen LogP contribution in [0.3, 0.4) is 0 Å². The molecule has 21 heavy (non-hydrogen) atoms. The van der Waals surface area contributed by atoms with E-state index < -0.39 is 0 Å². The van der Waals surface area contributed by atoms with Crippen LogP contribution in [0.25, 0.3) is 0 Å². The third-order valence-electron chi connectivity index (χ3n) is 4.22. The van der Waals surface area contributed by atoms with Crippen LogP contribution in [0.4, 0.5) is 0 Å². The smallest absolute Gasteiger partial charge is 0.0862 e. The molecule has 1 saturated heterocycles. The lowest BCUT2D eigenvalue weighted by Gasteiger charge is -2.27. The van der Waals surface area contributed by atoms with E-state index in [4.69, 9.17) is 0 Å². The van der Waals surface area contributed by atoms with E-state index in [1.54, 1.807) is 10.9 Å². The van der Waals surface area contributed by atoms with Crippen molar-refractivity contribution in [1.82, 2.24) is 14.7 Å². The zero-order valence-corrected chi connectivity index (χ0v) is 12.3. The Labute approximate surface area is 126 Å². The molecule has 1 fully saturated rings. The number of hydrogen-bond donors (Lipinski definition) is 1. The van der Waals surface area contributed by atoms with Crippen LogP contribution in [0.15, 0.2) is 48.8 Å². The standard InChI is InChI=1S/C17H23N3O/c21-17(14-20-11-5-9-18-20)13-19-10-4-8-16(19)12-15-6-2-1-3-7-15/h1-3,5-7,9,11,16-17,21H,4,8,10,12-14H2/t16-,17+/m1/s1. The van der Waals surface area contributed by atoms with Gasteiger partial charge in [-0.25, -0.2) is 0 Å². The van der Waals surface area contributed by atoms with Gasteiger partial charge in [-0.3, -0.25) is 9.58 Å². The summed E-state index contributed by atoms with van der Waals surface area (Å²) in [7, 11) is 0. The third kappa shape index (κ3) is 3.93. The minimum absolute atomic E-state index is 0.360. The molecule has 4 heteroatoms. The highest BCUT2D eigenvalue weighted by atomic mass is 16.3. The summed E-state index contributed by atoms with van der Waals surface area (Å²) in [4.78, 5) is 2.43. The number of aromatic nitrogens is 2. The molecule has 0 saturated carbocycles. The first-order valence-corrected chi connectivity index (χ1v) is 7.75. The lowest BCUT2D eigenvalue weighted by molar-refractivity contribution is 0.0890. The number of likely N-dealkylation sites (tertiary alicyclic amines) is 1. The molecule has 0 aliphatic carbocycles. The van der Waals surface area contributed by atoms with Crippen molar-refractivity contribution in [3.05, 3.63) is 54.4 Å². The summed E-state index contributed by atoms with van der Waals surface area (Å²) in [6.45, 7) is 2.40. The summed E-state index contributed by atoms with van der Waals surface area (Å²) in [5, 5.41) is 14.4. The minimum atomic E-state index is -0.360. The fraction of sp³-hybridized carbons (Fsp3) is 0.471. The molecular weight excluding hydrogens is 262 g/mol. The van der Waals surface area contributed by atoms with Gasteiger partial charge in [-0.15, -0.1) is 0 Å². The molecule has 1 N–H and O–H groups in total. The fourth-order valence-corrected chi connectivity index (χ4v) is 3.21. The van der Waals surface area contributed by atoms with Crippen LogP contribution in [0.1, 0.15) is 18.4 Å². The van der Waals surface area contributed by atoms with Gasteiger partial charge in [-0.1, -0.05) is 30.3 Å². The monoisotopic (exact) mass is 285 g/mol. The predicted octanol–water partition coefficient (Wildman–Crippen LogP) is 1.95. The van der Waals surface area contributed by atoms with Crippen molar-refractivity contribution in [2.45, 2.75) is 38.0 Å². The van der Waals surface area contributed by atoms with Crippen LogP contribution in [-0.2, 0) is 13.0 Å². The van der Waals surface area contributed by atoms with Crippen molar-refractivity contribution < 1.29 is 5.11 Å². The van der Waals surface area contributed by atoms with Crippen molar-refractivity contribution in [2.24, 2.45) is 0 Å². The molecule has 0 unspecified atom stereocenters. The lowest BCUT2D eigenvalue weighted by Crippen LogP contribution is -2.39. The van der Waals surface area contributed by atoms with Crippen molar-refractivity contribution in [1.29, 1.82) is 0 Å². The average molecular weight is 285 g/mol. The second-order valence-corrected chi connectivity index (χ2v) is 5.86. The molecule has 1 aromatic heterocycles. The van der Waals surface area contributed by atoms with E-state index in [2.05, 4.69) is 40.3 Å². The van der Waals surface area contributed by atoms with Crippen LogP contribution in [0, 0.1) is 0 Å². The van der Waals surface area contributed by atoms with Gasteiger partial charge in [0.05, 0.1) is 12.6 Å². The van der Waals surface area contributed by atoms with Crippen molar-refractivity contribution in [3.63, 3.8) is 0 Å². The Balaban J connectivity index is 1.54. The van der Waals surface area contributed by atoms with Crippen molar-refractivity contribution in [2.75, 3.05) is 13.1 Å². The number of benzene rings is 1. The van der Waals surface area contributed by atoms with E-state index in [1.807, 2.05) is 12.3 Å². The molecule has 0 radical (unpaired) electrons. The summed E-state index contributed by atoms with van der Waals surface area (Å²) in [5.74, 6) is 0. The number of aliphatic hydroxyl groups excluding tert-OH is 1. The molecule has 0 amide bonds. The highest BCUT2D eigenvalue weighted by molar-refractivity contribution is 5.16. The Kier molecular flexibility index (Phi) is 4.68. The van der Waals surface area contributed by atoms with Crippen molar-refractivity contribution >= 4 is 0 Å². The summed E-state index contributed by atoms with van der Waals surface area (Å²) >= 11 is 0. The Morgan fingerprint density at radius 1 is 1.19 bits per heavy atom. The second kappa shape index (κ2) is 6.87. The van der Waals surface area contributed by atoms with E-state index in [1.165, 1.54) is 18.4 Å². The highest BCUT2D eigenvalue weighted by Crippen LogP contribution is 2.21. The molecule has 4 nitrogen and oxygen atoms in total. The van der Waals surface area contributed by atoms with E-state index in [9.17, 15) is 5.11 Å². The van der Waals surface area contributed by atoms with E-state index in [-0.39, 0.29) is 6.10 Å². The number of nitrogens with zero attached hydrogens (tertiary/aromatic N) is 3. The molecule has 1 aliphatic rings. The Morgan fingerprint density at radius 2 is 2.05 bits per heavy atom. The normalized spacial score (nSPS) is 20.7. The van der Waals surface area contributed by atoms with Crippen LogP contribution in [0.2, 0.25) is 0 Å². The molecule has 0 spiro atoms. The molecule has 112 valence electrons. The fourth-order valence-electron chi connectivity index (χ4n) is 3.21. The van der Waals surface area contributed by atoms with Gasteiger partial charge < -0.3 is 5.11 Å². The van der Waals surface area contributed by atoms with Crippen LogP contribution in [-0.4, -0.2) is 45.0 Å². The molecule has 1 aromatic carbocycles. The molecule has 3 rings (SSSR count). The van der Waals surface area contributed by atoms with Gasteiger partial charge in [0, 0.05) is 25.0 Å². The van der Waals surface area contributed by atoms with Gasteiger partial charge in [0.1, 0.15) is 0 Å². The first-order valence-electron chi connectivity index (χ1n) is 7.75. The summed E-state index contributed by atoms with van der Waals surface area (Å²) < 4.78 is 1.80. The Bertz CT molecular complexity index is 526. The van der Waals surface area contributed by atoms with Crippen LogP contribution in [0.5, 0.6) is 0 Å². The van der Waals surface area contributed by atoms with Crippen LogP contribution < -0.4 is 0 Å². The average Bonchev–Trinajstić information content (AvgIpc) is 3.13. The molecule has 2 atom stereocenters. The summed E-state index contributed by atoms with van der Waals surface area (Å²) in [6, 6.07) is 13.1. The predicted molar refractivity (Wildman–Crippen MR) is 83.0 cm³/mol. The lowest BCUT2D eigenvalue weighted by atomic mass is 10.0. The first kappa shape index (κ1) is 14.3. The maximum absolute atomic E-state index is 10.3. The number of β-amino-alcohol motifs (C(OH)–C–C–N with tert-alkyl or cyclic N) is 1. The van der Waals surface area contributed by atoms with Gasteiger partial charge in [0.2, 0.25) is 0 Å². The molecule has 0 bridgehead atoms. The third-order valence-corrected chi connectivity index (χ3v) is 4.22. The maximum Gasteiger partial charge on any atom is 0.0862 e. The Hall–Kier alpha value is -1.65. The summed E-state index contributed by atoms with van der Waals surface area (Å²) in [5.41, 5.74) is 1.39. The minimum Gasteiger partial charge on any atom is -0.390 e. The topological polar surface area (TPSA) is 41.3 Å². The van der Waals surface area contributed by atoms with Gasteiger partial charge in [0.15, 0.2) is 0 Å². The second-order valence-electron chi connectivity index (χ2n) is 5.86. The Morgan fingerprint density at radius 3 is 2.81 bits per heavy atom. The van der Waals surface area contributed by atoms with Gasteiger partial charge in [-0.2, -0.15) is 5.10 Å². The van der Waals surface area contributed by atoms with Crippen LogP contribution >= 0.6 is 0 Å². The quantitative estimate of drug-likeness (QED) is 0.882. The highest BCUT2D eigenvalue weighted by Gasteiger charge is 2.26. The zero-order chi connectivity index (χ0) is 14.5. The first-order chi connectivity index (χ1) is 10.3. The maximum atomic E-state index is 10.3. The molecule has 1 aliphatic heterocycles. The van der Waals surface area contributed by atoms with E-state index in [0.29, 0.717) is 12.6 Å². The van der Waals surface area contributed by atoms with Gasteiger partial charge in [-0.05, 0) is 37.4 Å². The van der Waals surface area contributed by atoms with Gasteiger partial charge >= 0.3 is 0 Å².